The van der Waals surface area contributed by atoms with Crippen LogP contribution in [0.1, 0.15) is 28.3 Å². The molecular weight excluding hydrogens is 371 g/mol. The van der Waals surface area contributed by atoms with E-state index in [0.717, 1.165) is 11.1 Å². The summed E-state index contributed by atoms with van der Waals surface area (Å²) < 4.78 is 14.7. The topological polar surface area (TPSA) is 60.9 Å². The molecule has 2 aromatic carbocycles. The number of Topliss-reactive ketones (excluding diaryl/α,β-unsaturated/α-hetero) is 1. The Morgan fingerprint density at radius 2 is 1.83 bits per heavy atom. The fourth-order valence-electron chi connectivity index (χ4n) is 3.57. The van der Waals surface area contributed by atoms with Crippen LogP contribution in [-0.2, 0) is 9.59 Å². The normalized spacial score (nSPS) is 18.7. The molecule has 1 atom stereocenters. The van der Waals surface area contributed by atoms with E-state index in [9.17, 15) is 19.1 Å². The van der Waals surface area contributed by atoms with Crippen LogP contribution in [0.15, 0.2) is 48.0 Å². The number of ketones is 1. The molecule has 0 aromatic heterocycles. The molecule has 5 nitrogen and oxygen atoms in total. The number of benzene rings is 2. The van der Waals surface area contributed by atoms with Gasteiger partial charge in [0.25, 0.3) is 11.7 Å². The highest BCUT2D eigenvalue weighted by Crippen LogP contribution is 2.40. The second-order valence-corrected chi connectivity index (χ2v) is 7.64. The third-order valence-corrected chi connectivity index (χ3v) is 5.18. The van der Waals surface area contributed by atoms with Gasteiger partial charge in [0.05, 0.1) is 11.6 Å². The fraction of sp³-hybridized carbons (Fsp3) is 0.304. The number of hydrogen-bond donors (Lipinski definition) is 1. The first kappa shape index (κ1) is 20.7. The minimum absolute atomic E-state index is 0.0763. The first-order valence-electron chi connectivity index (χ1n) is 9.47. The van der Waals surface area contributed by atoms with Gasteiger partial charge in [0.15, 0.2) is 0 Å². The van der Waals surface area contributed by atoms with Crippen LogP contribution >= 0.6 is 0 Å². The minimum atomic E-state index is -0.976. The molecule has 29 heavy (non-hydrogen) atoms. The Morgan fingerprint density at radius 3 is 2.48 bits per heavy atom. The van der Waals surface area contributed by atoms with Gasteiger partial charge in [0.1, 0.15) is 11.6 Å². The maximum Gasteiger partial charge on any atom is 0.295 e. The molecule has 0 bridgehead atoms. The molecule has 6 heteroatoms. The highest BCUT2D eigenvalue weighted by molar-refractivity contribution is 6.46. The molecule has 1 saturated heterocycles. The van der Waals surface area contributed by atoms with Gasteiger partial charge < -0.3 is 14.9 Å². The third-order valence-electron chi connectivity index (χ3n) is 5.18. The molecule has 0 aliphatic carbocycles. The summed E-state index contributed by atoms with van der Waals surface area (Å²) in [7, 11) is 3.70. The van der Waals surface area contributed by atoms with E-state index in [-0.39, 0.29) is 23.4 Å². The van der Waals surface area contributed by atoms with E-state index in [4.69, 9.17) is 0 Å². The van der Waals surface area contributed by atoms with E-state index in [1.807, 2.05) is 45.0 Å². The largest absolute Gasteiger partial charge is 0.507 e. The van der Waals surface area contributed by atoms with Gasteiger partial charge in [-0.3, -0.25) is 9.59 Å². The summed E-state index contributed by atoms with van der Waals surface area (Å²) in [6.07, 6.45) is 0. The number of aliphatic hydroxyl groups excluding tert-OH is 1. The number of nitrogens with zero attached hydrogens (tertiary/aromatic N) is 2. The lowest BCUT2D eigenvalue weighted by Crippen LogP contribution is -2.35. The number of halogens is 1. The SMILES string of the molecule is Cc1ccc(C)c(/C(O)=C2\C(=O)C(=O)N(CCN(C)C)C2c2ccccc2F)c1. The highest BCUT2D eigenvalue weighted by Gasteiger charge is 2.46. The van der Waals surface area contributed by atoms with Gasteiger partial charge in [-0.25, -0.2) is 4.39 Å². The average Bonchev–Trinajstić information content (AvgIpc) is 2.92. The Balaban J connectivity index is 2.22. The van der Waals surface area contributed by atoms with Crippen LogP contribution in [0.2, 0.25) is 0 Å². The standard InChI is InChI=1S/C23H25FN2O3/c1-14-9-10-15(2)17(13-14)21(27)19-20(16-7-5-6-8-18(16)24)26(12-11-25(3)4)23(29)22(19)28/h5-10,13,20,27H,11-12H2,1-4H3/b21-19+. The lowest BCUT2D eigenvalue weighted by Gasteiger charge is -2.27. The van der Waals surface area contributed by atoms with E-state index >= 15 is 0 Å². The quantitative estimate of drug-likeness (QED) is 0.478. The second kappa shape index (κ2) is 8.17. The number of aryl methyl sites for hydroxylation is 2. The monoisotopic (exact) mass is 396 g/mol. The van der Waals surface area contributed by atoms with Crippen LogP contribution in [0, 0.1) is 19.7 Å². The Hall–Kier alpha value is -2.99. The smallest absolute Gasteiger partial charge is 0.295 e. The van der Waals surface area contributed by atoms with Gasteiger partial charge in [-0.2, -0.15) is 0 Å². The molecule has 1 amide bonds. The Morgan fingerprint density at radius 1 is 1.14 bits per heavy atom. The van der Waals surface area contributed by atoms with Crippen molar-refractivity contribution in [3.05, 3.63) is 76.1 Å². The van der Waals surface area contributed by atoms with Crippen molar-refractivity contribution in [2.24, 2.45) is 0 Å². The summed E-state index contributed by atoms with van der Waals surface area (Å²) >= 11 is 0. The summed E-state index contributed by atoms with van der Waals surface area (Å²) in [5.74, 6) is -2.33. The molecule has 0 radical (unpaired) electrons. The van der Waals surface area contributed by atoms with Gasteiger partial charge in [0.2, 0.25) is 0 Å². The number of hydrogen-bond acceptors (Lipinski definition) is 4. The number of likely N-dealkylation sites (tertiary alicyclic amines) is 1. The predicted molar refractivity (Wildman–Crippen MR) is 110 cm³/mol. The van der Waals surface area contributed by atoms with Crippen molar-refractivity contribution in [3.8, 4) is 0 Å². The summed E-state index contributed by atoms with van der Waals surface area (Å²) in [5, 5.41) is 11.1. The van der Waals surface area contributed by atoms with Crippen LogP contribution in [-0.4, -0.2) is 53.8 Å². The third kappa shape index (κ3) is 3.93. The zero-order valence-electron chi connectivity index (χ0n) is 17.1. The molecule has 1 fully saturated rings. The Labute approximate surface area is 170 Å². The summed E-state index contributed by atoms with van der Waals surface area (Å²) in [4.78, 5) is 28.9. The molecule has 3 rings (SSSR count). The molecule has 0 saturated carbocycles. The lowest BCUT2D eigenvalue weighted by molar-refractivity contribution is -0.140. The van der Waals surface area contributed by atoms with Crippen molar-refractivity contribution in [2.45, 2.75) is 19.9 Å². The van der Waals surface area contributed by atoms with Crippen LogP contribution in [0.4, 0.5) is 4.39 Å². The van der Waals surface area contributed by atoms with Gasteiger partial charge >= 0.3 is 0 Å². The number of carbonyl (C=O) groups excluding carboxylic acids is 2. The Kier molecular flexibility index (Phi) is 5.84. The van der Waals surface area contributed by atoms with E-state index in [1.165, 1.54) is 11.0 Å². The van der Waals surface area contributed by atoms with Crippen molar-refractivity contribution < 1.29 is 19.1 Å². The number of carbonyl (C=O) groups is 2. The molecule has 1 aliphatic rings. The van der Waals surface area contributed by atoms with Crippen molar-refractivity contribution in [3.63, 3.8) is 0 Å². The van der Waals surface area contributed by atoms with Crippen LogP contribution < -0.4 is 0 Å². The molecule has 1 aliphatic heterocycles. The molecule has 2 aromatic rings. The molecular formula is C23H25FN2O3. The van der Waals surface area contributed by atoms with Crippen molar-refractivity contribution in [1.29, 1.82) is 0 Å². The summed E-state index contributed by atoms with van der Waals surface area (Å²) in [5.41, 5.74) is 2.25. The van der Waals surface area contributed by atoms with Gasteiger partial charge in [-0.05, 0) is 45.6 Å². The van der Waals surface area contributed by atoms with Crippen molar-refractivity contribution >= 4 is 17.4 Å². The van der Waals surface area contributed by atoms with E-state index in [1.54, 1.807) is 24.3 Å². The fourth-order valence-corrected chi connectivity index (χ4v) is 3.57. The second-order valence-electron chi connectivity index (χ2n) is 7.64. The summed E-state index contributed by atoms with van der Waals surface area (Å²) in [6.45, 7) is 4.43. The van der Waals surface area contributed by atoms with Gasteiger partial charge in [0, 0.05) is 24.2 Å². The maximum atomic E-state index is 14.7. The molecule has 0 spiro atoms. The molecule has 152 valence electrons. The van der Waals surface area contributed by atoms with Crippen LogP contribution in [0.25, 0.3) is 5.76 Å². The molecule has 1 heterocycles. The zero-order valence-corrected chi connectivity index (χ0v) is 17.1. The summed E-state index contributed by atoms with van der Waals surface area (Å²) in [6, 6.07) is 10.6. The van der Waals surface area contributed by atoms with Crippen LogP contribution in [0.5, 0.6) is 0 Å². The predicted octanol–water partition coefficient (Wildman–Crippen LogP) is 3.43. The maximum absolute atomic E-state index is 14.7. The Bertz CT molecular complexity index is 997. The van der Waals surface area contributed by atoms with Crippen molar-refractivity contribution in [2.75, 3.05) is 27.2 Å². The molecule has 1 unspecified atom stereocenters. The number of likely N-dealkylation sites (N-methyl/N-ethyl adjacent to an activating group) is 1. The van der Waals surface area contributed by atoms with Gasteiger partial charge in [-0.1, -0.05) is 35.9 Å². The van der Waals surface area contributed by atoms with Crippen LogP contribution in [0.3, 0.4) is 0 Å². The molecule has 1 N–H and O–H groups in total. The minimum Gasteiger partial charge on any atom is -0.507 e. The van der Waals surface area contributed by atoms with E-state index in [0.29, 0.717) is 12.1 Å². The lowest BCUT2D eigenvalue weighted by atomic mass is 9.93. The number of rotatable bonds is 5. The average molecular weight is 396 g/mol. The zero-order chi connectivity index (χ0) is 21.3. The highest BCUT2D eigenvalue weighted by atomic mass is 19.1. The van der Waals surface area contributed by atoms with Gasteiger partial charge in [-0.15, -0.1) is 0 Å². The number of aliphatic hydroxyl groups is 1. The number of amides is 1. The van der Waals surface area contributed by atoms with E-state index in [2.05, 4.69) is 0 Å². The van der Waals surface area contributed by atoms with E-state index < -0.39 is 23.5 Å². The first-order chi connectivity index (χ1) is 13.7. The first-order valence-corrected chi connectivity index (χ1v) is 9.47. The van der Waals surface area contributed by atoms with Crippen molar-refractivity contribution in [1.82, 2.24) is 9.80 Å².